The Hall–Kier alpha value is -2.60. The third kappa shape index (κ3) is 3.62. The van der Waals surface area contributed by atoms with E-state index in [2.05, 4.69) is 6.07 Å². The van der Waals surface area contributed by atoms with E-state index in [1.54, 1.807) is 43.8 Å². The minimum absolute atomic E-state index is 0.0120. The maximum atomic E-state index is 13.1. The molecule has 0 aliphatic carbocycles. The van der Waals surface area contributed by atoms with Gasteiger partial charge in [0.2, 0.25) is 0 Å². The number of aromatic nitrogens is 1. The molecule has 0 saturated carbocycles. The second-order valence-electron chi connectivity index (χ2n) is 6.71. The minimum atomic E-state index is 0.0120. The van der Waals surface area contributed by atoms with E-state index >= 15 is 0 Å². The van der Waals surface area contributed by atoms with Crippen LogP contribution >= 0.6 is 11.3 Å². The maximum Gasteiger partial charge on any atom is 0.254 e. The number of ether oxygens (including phenoxy) is 2. The second kappa shape index (κ2) is 7.56. The van der Waals surface area contributed by atoms with Crippen molar-refractivity contribution in [2.75, 3.05) is 27.3 Å². The molecule has 1 aliphatic rings. The summed E-state index contributed by atoms with van der Waals surface area (Å²) in [6, 6.07) is 13.5. The van der Waals surface area contributed by atoms with E-state index < -0.39 is 0 Å². The zero-order chi connectivity index (χ0) is 18.8. The van der Waals surface area contributed by atoms with Crippen LogP contribution in [0.15, 0.2) is 42.5 Å². The first-order valence-electron chi connectivity index (χ1n) is 9.05. The van der Waals surface area contributed by atoms with Crippen LogP contribution in [0, 0.1) is 0 Å². The van der Waals surface area contributed by atoms with Gasteiger partial charge in [0, 0.05) is 30.6 Å². The summed E-state index contributed by atoms with van der Waals surface area (Å²) < 4.78 is 11.8. The fourth-order valence-electron chi connectivity index (χ4n) is 3.54. The van der Waals surface area contributed by atoms with Crippen LogP contribution in [0.1, 0.15) is 34.1 Å². The van der Waals surface area contributed by atoms with Crippen molar-refractivity contribution in [2.24, 2.45) is 0 Å². The lowest BCUT2D eigenvalue weighted by Gasteiger charge is -2.32. The second-order valence-corrected chi connectivity index (χ2v) is 7.77. The van der Waals surface area contributed by atoms with Gasteiger partial charge in [-0.2, -0.15) is 0 Å². The van der Waals surface area contributed by atoms with Crippen molar-refractivity contribution in [2.45, 2.75) is 18.8 Å². The molecule has 2 heterocycles. The Labute approximate surface area is 162 Å². The zero-order valence-corrected chi connectivity index (χ0v) is 16.3. The molecule has 4 rings (SSSR count). The molecule has 1 atom stereocenters. The highest BCUT2D eigenvalue weighted by atomic mass is 32.1. The lowest BCUT2D eigenvalue weighted by atomic mass is 9.98. The Morgan fingerprint density at radius 3 is 2.59 bits per heavy atom. The first kappa shape index (κ1) is 17.8. The average molecular weight is 382 g/mol. The van der Waals surface area contributed by atoms with E-state index in [9.17, 15) is 4.79 Å². The average Bonchev–Trinajstić information content (AvgIpc) is 3.17. The summed E-state index contributed by atoms with van der Waals surface area (Å²) in [5, 5.41) is 1.12. The van der Waals surface area contributed by atoms with Gasteiger partial charge in [-0.25, -0.2) is 4.98 Å². The number of hydrogen-bond acceptors (Lipinski definition) is 5. The first-order valence-corrected chi connectivity index (χ1v) is 9.87. The maximum absolute atomic E-state index is 13.1. The van der Waals surface area contributed by atoms with Crippen LogP contribution in [0.3, 0.4) is 0 Å². The highest BCUT2D eigenvalue weighted by Crippen LogP contribution is 2.34. The normalized spacial score (nSPS) is 17.1. The van der Waals surface area contributed by atoms with Gasteiger partial charge in [-0.15, -0.1) is 11.3 Å². The van der Waals surface area contributed by atoms with E-state index in [0.29, 0.717) is 23.6 Å². The molecule has 1 aromatic heterocycles. The van der Waals surface area contributed by atoms with Crippen molar-refractivity contribution >= 4 is 27.5 Å². The van der Waals surface area contributed by atoms with Crippen molar-refractivity contribution < 1.29 is 14.3 Å². The van der Waals surface area contributed by atoms with Gasteiger partial charge in [-0.1, -0.05) is 12.1 Å². The number of likely N-dealkylation sites (tertiary alicyclic amines) is 1. The van der Waals surface area contributed by atoms with Crippen molar-refractivity contribution in [1.82, 2.24) is 9.88 Å². The summed E-state index contributed by atoms with van der Waals surface area (Å²) in [7, 11) is 3.18. The van der Waals surface area contributed by atoms with Gasteiger partial charge in [-0.05, 0) is 37.1 Å². The third-order valence-electron chi connectivity index (χ3n) is 4.97. The summed E-state index contributed by atoms with van der Waals surface area (Å²) in [4.78, 5) is 19.8. The summed E-state index contributed by atoms with van der Waals surface area (Å²) in [6.07, 6.45) is 2.04. The quantitative estimate of drug-likeness (QED) is 0.674. The van der Waals surface area contributed by atoms with Crippen molar-refractivity contribution in [1.29, 1.82) is 0 Å². The number of amides is 1. The summed E-state index contributed by atoms with van der Waals surface area (Å²) in [5.74, 6) is 1.54. The van der Waals surface area contributed by atoms with Gasteiger partial charge in [0.05, 0.1) is 29.4 Å². The van der Waals surface area contributed by atoms with Crippen molar-refractivity contribution in [3.63, 3.8) is 0 Å². The predicted molar refractivity (Wildman–Crippen MR) is 107 cm³/mol. The number of thiazole rings is 1. The number of para-hydroxylation sites is 1. The molecule has 3 aromatic rings. The molecule has 1 amide bonds. The van der Waals surface area contributed by atoms with Gasteiger partial charge >= 0.3 is 0 Å². The third-order valence-corrected chi connectivity index (χ3v) is 6.17. The van der Waals surface area contributed by atoms with Crippen LogP contribution in [0.4, 0.5) is 0 Å². The van der Waals surface area contributed by atoms with E-state index in [0.717, 1.165) is 29.9 Å². The fraction of sp³-hybridized carbons (Fsp3) is 0.333. The molecule has 0 radical (unpaired) electrons. The molecule has 1 saturated heterocycles. The number of rotatable bonds is 4. The van der Waals surface area contributed by atoms with Crippen molar-refractivity contribution in [3.8, 4) is 11.5 Å². The predicted octanol–water partition coefficient (Wildman–Crippen LogP) is 4.33. The Kier molecular flexibility index (Phi) is 4.99. The molecule has 140 valence electrons. The van der Waals surface area contributed by atoms with Crippen LogP contribution < -0.4 is 9.47 Å². The van der Waals surface area contributed by atoms with Crippen LogP contribution in [0.25, 0.3) is 10.2 Å². The van der Waals surface area contributed by atoms with E-state index in [1.165, 1.54) is 4.70 Å². The van der Waals surface area contributed by atoms with E-state index in [1.807, 2.05) is 23.1 Å². The van der Waals surface area contributed by atoms with Crippen LogP contribution in [-0.2, 0) is 0 Å². The molecule has 5 nitrogen and oxygen atoms in total. The molecule has 6 heteroatoms. The van der Waals surface area contributed by atoms with Gasteiger partial charge in [0.15, 0.2) is 0 Å². The number of hydrogen-bond donors (Lipinski definition) is 0. The number of carbonyl (C=O) groups is 1. The smallest absolute Gasteiger partial charge is 0.254 e. The summed E-state index contributed by atoms with van der Waals surface area (Å²) >= 11 is 1.74. The van der Waals surface area contributed by atoms with Crippen LogP contribution in [-0.4, -0.2) is 43.1 Å². The van der Waals surface area contributed by atoms with Crippen LogP contribution in [0.2, 0.25) is 0 Å². The zero-order valence-electron chi connectivity index (χ0n) is 15.5. The molecule has 0 spiro atoms. The fourth-order valence-corrected chi connectivity index (χ4v) is 4.63. The largest absolute Gasteiger partial charge is 0.497 e. The van der Waals surface area contributed by atoms with E-state index in [-0.39, 0.29) is 11.8 Å². The van der Waals surface area contributed by atoms with Gasteiger partial charge < -0.3 is 14.4 Å². The molecule has 1 unspecified atom stereocenters. The van der Waals surface area contributed by atoms with Gasteiger partial charge in [-0.3, -0.25) is 4.79 Å². The lowest BCUT2D eigenvalue weighted by molar-refractivity contribution is 0.0706. The molecule has 2 aromatic carbocycles. The molecule has 0 N–H and O–H groups in total. The Morgan fingerprint density at radius 2 is 1.89 bits per heavy atom. The monoisotopic (exact) mass is 382 g/mol. The van der Waals surface area contributed by atoms with E-state index in [4.69, 9.17) is 14.5 Å². The molecule has 1 aliphatic heterocycles. The Bertz CT molecular complexity index is 914. The van der Waals surface area contributed by atoms with Gasteiger partial charge in [0.25, 0.3) is 5.91 Å². The van der Waals surface area contributed by atoms with Crippen LogP contribution in [0.5, 0.6) is 11.5 Å². The van der Waals surface area contributed by atoms with Crippen molar-refractivity contribution in [3.05, 3.63) is 53.0 Å². The number of methoxy groups -OCH3 is 2. The first-order chi connectivity index (χ1) is 13.2. The number of piperidine rings is 1. The van der Waals surface area contributed by atoms with Gasteiger partial charge in [0.1, 0.15) is 11.5 Å². The standard InChI is InChI=1S/C21H22N2O3S/c1-25-16-10-15(11-17(12-16)26-2)21(24)23-9-5-6-14(13-23)20-22-18-7-3-4-8-19(18)27-20/h3-4,7-8,10-12,14H,5-6,9,13H2,1-2H3. The molecule has 0 bridgehead atoms. The Morgan fingerprint density at radius 1 is 1.15 bits per heavy atom. The summed E-state index contributed by atoms with van der Waals surface area (Å²) in [5.41, 5.74) is 1.63. The molecule has 1 fully saturated rings. The molecule has 27 heavy (non-hydrogen) atoms. The number of fused-ring (bicyclic) bond motifs is 1. The number of carbonyl (C=O) groups excluding carboxylic acids is 1. The highest BCUT2D eigenvalue weighted by molar-refractivity contribution is 7.18. The lowest BCUT2D eigenvalue weighted by Crippen LogP contribution is -2.39. The number of nitrogens with zero attached hydrogens (tertiary/aromatic N) is 2. The minimum Gasteiger partial charge on any atom is -0.497 e. The topological polar surface area (TPSA) is 51.7 Å². The molecular formula is C21H22N2O3S. The highest BCUT2D eigenvalue weighted by Gasteiger charge is 2.28. The summed E-state index contributed by atoms with van der Waals surface area (Å²) in [6.45, 7) is 1.46. The SMILES string of the molecule is COc1cc(OC)cc(C(=O)N2CCCC(c3nc4ccccc4s3)C2)c1. The molecular weight excluding hydrogens is 360 g/mol. The number of benzene rings is 2. The Balaban J connectivity index is 1.56.